The summed E-state index contributed by atoms with van der Waals surface area (Å²) in [6.45, 7) is 13.8. The van der Waals surface area contributed by atoms with Gasteiger partial charge in [0.25, 0.3) is 0 Å². The van der Waals surface area contributed by atoms with Crippen LogP contribution in [-0.2, 0) is 0 Å². The lowest BCUT2D eigenvalue weighted by atomic mass is 9.90. The second-order valence-corrected chi connectivity index (χ2v) is 7.79. The van der Waals surface area contributed by atoms with Gasteiger partial charge in [-0.2, -0.15) is 0 Å². The summed E-state index contributed by atoms with van der Waals surface area (Å²) in [6, 6.07) is 6.76. The molecule has 1 aromatic carbocycles. The highest BCUT2D eigenvalue weighted by molar-refractivity contribution is 7.99. The van der Waals surface area contributed by atoms with Crippen molar-refractivity contribution >= 4 is 11.8 Å². The number of hydrogen-bond donors (Lipinski definition) is 1. The van der Waals surface area contributed by atoms with E-state index >= 15 is 0 Å². The van der Waals surface area contributed by atoms with Gasteiger partial charge in [0.1, 0.15) is 5.03 Å². The Kier molecular flexibility index (Phi) is 6.47. The Bertz CT molecular complexity index is 699. The summed E-state index contributed by atoms with van der Waals surface area (Å²) in [6.07, 6.45) is 2.15. The lowest BCUT2D eigenvalue weighted by Gasteiger charge is -2.20. The summed E-state index contributed by atoms with van der Waals surface area (Å²) in [5.41, 5.74) is 13.6. The van der Waals surface area contributed by atoms with Crippen molar-refractivity contribution in [2.45, 2.75) is 70.2 Å². The standard InChI is InChI=1S/C21H30N2S/c1-7-18(8-9-22)19-12-16(5)23-21(17(19)6)24-20-14(3)10-13(2)11-15(20)4/h10-12,18H,7-9,22H2,1-6H3. The molecule has 1 unspecified atom stereocenters. The molecule has 0 radical (unpaired) electrons. The molecule has 0 aliphatic rings. The number of pyridine rings is 1. The van der Waals surface area contributed by atoms with Crippen LogP contribution in [0, 0.1) is 34.6 Å². The lowest BCUT2D eigenvalue weighted by Crippen LogP contribution is -2.09. The predicted molar refractivity (Wildman–Crippen MR) is 105 cm³/mol. The number of aryl methyl sites for hydroxylation is 4. The number of nitrogens with zero attached hydrogens (tertiary/aromatic N) is 1. The zero-order chi connectivity index (χ0) is 17.9. The van der Waals surface area contributed by atoms with Crippen LogP contribution in [0.5, 0.6) is 0 Å². The van der Waals surface area contributed by atoms with Crippen LogP contribution in [0.15, 0.2) is 28.1 Å². The third kappa shape index (κ3) is 4.20. The van der Waals surface area contributed by atoms with Crippen LogP contribution in [0.2, 0.25) is 0 Å². The molecule has 2 aromatic rings. The topological polar surface area (TPSA) is 38.9 Å². The molecule has 0 saturated heterocycles. The van der Waals surface area contributed by atoms with Gasteiger partial charge in [0, 0.05) is 10.6 Å². The number of benzene rings is 1. The van der Waals surface area contributed by atoms with E-state index in [-0.39, 0.29) is 0 Å². The summed E-state index contributed by atoms with van der Waals surface area (Å²) >= 11 is 1.81. The molecule has 130 valence electrons. The SMILES string of the molecule is CCC(CCN)c1cc(C)nc(Sc2c(C)cc(C)cc2C)c1C. The molecule has 0 spiro atoms. The maximum atomic E-state index is 5.83. The summed E-state index contributed by atoms with van der Waals surface area (Å²) in [7, 11) is 0. The Labute approximate surface area is 151 Å². The van der Waals surface area contributed by atoms with Crippen molar-refractivity contribution in [1.29, 1.82) is 0 Å². The van der Waals surface area contributed by atoms with Crippen LogP contribution >= 0.6 is 11.8 Å². The van der Waals surface area contributed by atoms with Crippen molar-refractivity contribution < 1.29 is 0 Å². The first kappa shape index (κ1) is 19.0. The van der Waals surface area contributed by atoms with Crippen LogP contribution in [0.3, 0.4) is 0 Å². The van der Waals surface area contributed by atoms with Gasteiger partial charge in [-0.05, 0) is 88.2 Å². The van der Waals surface area contributed by atoms with E-state index in [1.165, 1.54) is 32.7 Å². The highest BCUT2D eigenvalue weighted by Gasteiger charge is 2.17. The van der Waals surface area contributed by atoms with Gasteiger partial charge >= 0.3 is 0 Å². The Morgan fingerprint density at radius 2 is 1.67 bits per heavy atom. The van der Waals surface area contributed by atoms with Gasteiger partial charge in [-0.25, -0.2) is 4.98 Å². The Hall–Kier alpha value is -1.32. The number of hydrogen-bond acceptors (Lipinski definition) is 3. The smallest absolute Gasteiger partial charge is 0.104 e. The van der Waals surface area contributed by atoms with E-state index in [0.29, 0.717) is 5.92 Å². The molecule has 0 fully saturated rings. The third-order valence-electron chi connectivity index (χ3n) is 4.65. The fraction of sp³-hybridized carbons (Fsp3) is 0.476. The molecule has 0 aliphatic carbocycles. The van der Waals surface area contributed by atoms with Gasteiger partial charge in [0.15, 0.2) is 0 Å². The molecular formula is C21H30N2S. The second-order valence-electron chi connectivity index (χ2n) is 6.80. The molecule has 1 heterocycles. The highest BCUT2D eigenvalue weighted by Crippen LogP contribution is 2.37. The highest BCUT2D eigenvalue weighted by atomic mass is 32.2. The van der Waals surface area contributed by atoms with E-state index in [1.54, 1.807) is 0 Å². The summed E-state index contributed by atoms with van der Waals surface area (Å²) in [5, 5.41) is 1.13. The Morgan fingerprint density at radius 1 is 1.04 bits per heavy atom. The molecule has 3 heteroatoms. The first-order valence-corrected chi connectivity index (χ1v) is 9.62. The number of aromatic nitrogens is 1. The van der Waals surface area contributed by atoms with Gasteiger partial charge < -0.3 is 5.73 Å². The quantitative estimate of drug-likeness (QED) is 0.741. The van der Waals surface area contributed by atoms with Crippen molar-refractivity contribution in [3.05, 3.63) is 51.7 Å². The van der Waals surface area contributed by atoms with E-state index in [9.17, 15) is 0 Å². The van der Waals surface area contributed by atoms with Crippen LogP contribution in [0.1, 0.15) is 59.2 Å². The van der Waals surface area contributed by atoms with Crippen molar-refractivity contribution in [2.24, 2.45) is 5.73 Å². The lowest BCUT2D eigenvalue weighted by molar-refractivity contribution is 0.607. The van der Waals surface area contributed by atoms with E-state index < -0.39 is 0 Å². The predicted octanol–water partition coefficient (Wildman–Crippen LogP) is 5.62. The van der Waals surface area contributed by atoms with Crippen LogP contribution in [-0.4, -0.2) is 11.5 Å². The van der Waals surface area contributed by atoms with Crippen LogP contribution in [0.4, 0.5) is 0 Å². The molecular weight excluding hydrogens is 312 g/mol. The molecule has 0 bridgehead atoms. The zero-order valence-electron chi connectivity index (χ0n) is 15.9. The Morgan fingerprint density at radius 3 is 2.21 bits per heavy atom. The maximum Gasteiger partial charge on any atom is 0.104 e. The summed E-state index contributed by atoms with van der Waals surface area (Å²) < 4.78 is 0. The van der Waals surface area contributed by atoms with E-state index in [0.717, 1.165) is 30.1 Å². The van der Waals surface area contributed by atoms with E-state index in [2.05, 4.69) is 59.7 Å². The zero-order valence-corrected chi connectivity index (χ0v) is 16.7. The minimum atomic E-state index is 0.524. The summed E-state index contributed by atoms with van der Waals surface area (Å²) in [5.74, 6) is 0.524. The fourth-order valence-corrected chi connectivity index (χ4v) is 4.56. The monoisotopic (exact) mass is 342 g/mol. The maximum absolute atomic E-state index is 5.83. The van der Waals surface area contributed by atoms with Gasteiger partial charge in [-0.15, -0.1) is 0 Å². The van der Waals surface area contributed by atoms with Gasteiger partial charge in [0.05, 0.1) is 0 Å². The molecule has 24 heavy (non-hydrogen) atoms. The fourth-order valence-electron chi connectivity index (χ4n) is 3.46. The van der Waals surface area contributed by atoms with Crippen molar-refractivity contribution in [1.82, 2.24) is 4.98 Å². The molecule has 1 aromatic heterocycles. The molecule has 0 aliphatic heterocycles. The largest absolute Gasteiger partial charge is 0.330 e. The van der Waals surface area contributed by atoms with Crippen molar-refractivity contribution in [3.8, 4) is 0 Å². The Balaban J connectivity index is 2.47. The second kappa shape index (κ2) is 8.17. The first-order chi connectivity index (χ1) is 11.4. The molecule has 2 N–H and O–H groups in total. The van der Waals surface area contributed by atoms with Crippen LogP contribution in [0.25, 0.3) is 0 Å². The van der Waals surface area contributed by atoms with Crippen LogP contribution < -0.4 is 5.73 Å². The van der Waals surface area contributed by atoms with Gasteiger partial charge in [0.2, 0.25) is 0 Å². The molecule has 0 saturated carbocycles. The summed E-state index contributed by atoms with van der Waals surface area (Å²) in [4.78, 5) is 6.17. The van der Waals surface area contributed by atoms with Gasteiger partial charge in [-0.3, -0.25) is 0 Å². The van der Waals surface area contributed by atoms with Crippen molar-refractivity contribution in [3.63, 3.8) is 0 Å². The average molecular weight is 343 g/mol. The third-order valence-corrected chi connectivity index (χ3v) is 6.09. The van der Waals surface area contributed by atoms with E-state index in [1.807, 2.05) is 11.8 Å². The normalized spacial score (nSPS) is 12.5. The first-order valence-electron chi connectivity index (χ1n) is 8.81. The number of rotatable bonds is 6. The molecule has 1 atom stereocenters. The number of nitrogens with two attached hydrogens (primary N) is 1. The molecule has 2 rings (SSSR count). The van der Waals surface area contributed by atoms with Crippen molar-refractivity contribution in [2.75, 3.05) is 6.54 Å². The average Bonchev–Trinajstić information content (AvgIpc) is 2.51. The minimum Gasteiger partial charge on any atom is -0.330 e. The van der Waals surface area contributed by atoms with Gasteiger partial charge in [-0.1, -0.05) is 36.4 Å². The minimum absolute atomic E-state index is 0.524. The molecule has 0 amide bonds. The van der Waals surface area contributed by atoms with E-state index in [4.69, 9.17) is 10.7 Å². The molecule has 2 nitrogen and oxygen atoms in total.